The van der Waals surface area contributed by atoms with Gasteiger partial charge in [-0.2, -0.15) is 0 Å². The monoisotopic (exact) mass is 283 g/mol. The van der Waals surface area contributed by atoms with Crippen molar-refractivity contribution in [2.75, 3.05) is 6.54 Å². The maximum absolute atomic E-state index is 12.1. The third-order valence-corrected chi connectivity index (χ3v) is 5.41. The highest BCUT2D eigenvalue weighted by atomic mass is 32.2. The molecule has 4 nitrogen and oxygen atoms in total. The third kappa shape index (κ3) is 3.70. The normalized spacial score (nSPS) is 24.3. The highest BCUT2D eigenvalue weighted by molar-refractivity contribution is 7.89. The Hall–Kier alpha value is -1.07. The second kappa shape index (κ2) is 5.92. The standard InChI is InChI=1S/C14H21NO3S/c1-11-4-2-3-5-12(11)10-15-19(17,18)14-8-6-13(16)7-9-14/h6-9,11-12,15-16H,2-5,10H2,1H3. The van der Waals surface area contributed by atoms with E-state index in [9.17, 15) is 13.5 Å². The minimum absolute atomic E-state index is 0.0693. The van der Waals surface area contributed by atoms with E-state index in [4.69, 9.17) is 0 Å². The Morgan fingerprint density at radius 3 is 2.47 bits per heavy atom. The number of aromatic hydroxyl groups is 1. The number of phenolic OH excluding ortho intramolecular Hbond substituents is 1. The predicted molar refractivity (Wildman–Crippen MR) is 74.4 cm³/mol. The summed E-state index contributed by atoms with van der Waals surface area (Å²) in [7, 11) is -3.46. The van der Waals surface area contributed by atoms with Crippen LogP contribution in [-0.4, -0.2) is 20.1 Å². The molecule has 0 bridgehead atoms. The molecule has 0 saturated heterocycles. The van der Waals surface area contributed by atoms with Crippen molar-refractivity contribution >= 4 is 10.0 Å². The van der Waals surface area contributed by atoms with Gasteiger partial charge in [-0.15, -0.1) is 0 Å². The Bertz CT molecular complexity index is 510. The van der Waals surface area contributed by atoms with Gasteiger partial charge < -0.3 is 5.11 Å². The van der Waals surface area contributed by atoms with Crippen LogP contribution in [0.1, 0.15) is 32.6 Å². The lowest BCUT2D eigenvalue weighted by atomic mass is 9.81. The molecule has 1 fully saturated rings. The molecule has 1 aliphatic rings. The topological polar surface area (TPSA) is 66.4 Å². The van der Waals surface area contributed by atoms with Crippen molar-refractivity contribution < 1.29 is 13.5 Å². The average Bonchev–Trinajstić information content (AvgIpc) is 2.38. The fraction of sp³-hybridized carbons (Fsp3) is 0.571. The van der Waals surface area contributed by atoms with Gasteiger partial charge in [-0.1, -0.05) is 26.2 Å². The molecule has 1 aromatic carbocycles. The zero-order valence-electron chi connectivity index (χ0n) is 11.2. The van der Waals surface area contributed by atoms with E-state index in [-0.39, 0.29) is 10.6 Å². The molecule has 2 rings (SSSR count). The van der Waals surface area contributed by atoms with Gasteiger partial charge in [0.05, 0.1) is 4.90 Å². The van der Waals surface area contributed by atoms with E-state index in [0.717, 1.165) is 6.42 Å². The first-order valence-corrected chi connectivity index (χ1v) is 8.26. The quantitative estimate of drug-likeness (QED) is 0.892. The lowest BCUT2D eigenvalue weighted by Crippen LogP contribution is -2.33. The second-order valence-electron chi connectivity index (χ2n) is 5.37. The molecule has 0 aliphatic heterocycles. The summed E-state index contributed by atoms with van der Waals surface area (Å²) in [5.74, 6) is 1.08. The van der Waals surface area contributed by atoms with Crippen LogP contribution in [0.2, 0.25) is 0 Å². The van der Waals surface area contributed by atoms with Gasteiger partial charge in [0, 0.05) is 6.54 Å². The fourth-order valence-corrected chi connectivity index (χ4v) is 3.72. The van der Waals surface area contributed by atoms with Crippen LogP contribution in [0.15, 0.2) is 29.2 Å². The number of rotatable bonds is 4. The maximum Gasteiger partial charge on any atom is 0.240 e. The van der Waals surface area contributed by atoms with Gasteiger partial charge >= 0.3 is 0 Å². The number of benzene rings is 1. The number of phenols is 1. The lowest BCUT2D eigenvalue weighted by Gasteiger charge is -2.28. The molecule has 106 valence electrons. The number of sulfonamides is 1. The van der Waals surface area contributed by atoms with Crippen LogP contribution in [0.5, 0.6) is 5.75 Å². The molecule has 0 radical (unpaired) electrons. The molecule has 1 aromatic rings. The van der Waals surface area contributed by atoms with Crippen molar-refractivity contribution in [2.24, 2.45) is 11.8 Å². The molecule has 0 spiro atoms. The van der Waals surface area contributed by atoms with E-state index in [1.165, 1.54) is 43.5 Å². The highest BCUT2D eigenvalue weighted by Crippen LogP contribution is 2.29. The summed E-state index contributed by atoms with van der Waals surface area (Å²) in [6.07, 6.45) is 4.73. The second-order valence-corrected chi connectivity index (χ2v) is 7.13. The van der Waals surface area contributed by atoms with Crippen LogP contribution >= 0.6 is 0 Å². The molecule has 5 heteroatoms. The van der Waals surface area contributed by atoms with Crippen LogP contribution in [0.3, 0.4) is 0 Å². The van der Waals surface area contributed by atoms with E-state index in [2.05, 4.69) is 11.6 Å². The van der Waals surface area contributed by atoms with Crippen molar-refractivity contribution in [3.8, 4) is 5.75 Å². The molecule has 1 aliphatic carbocycles. The van der Waals surface area contributed by atoms with Gasteiger partial charge in [0.1, 0.15) is 5.75 Å². The summed E-state index contributed by atoms with van der Waals surface area (Å²) < 4.78 is 26.9. The molecule has 1 saturated carbocycles. The summed E-state index contributed by atoms with van der Waals surface area (Å²) >= 11 is 0. The van der Waals surface area contributed by atoms with Gasteiger partial charge in [0.2, 0.25) is 10.0 Å². The maximum atomic E-state index is 12.1. The summed E-state index contributed by atoms with van der Waals surface area (Å²) in [6.45, 7) is 2.70. The Morgan fingerprint density at radius 1 is 1.21 bits per heavy atom. The zero-order valence-corrected chi connectivity index (χ0v) is 12.0. The minimum atomic E-state index is -3.46. The van der Waals surface area contributed by atoms with Crippen molar-refractivity contribution in [2.45, 2.75) is 37.5 Å². The number of hydrogen-bond donors (Lipinski definition) is 2. The summed E-state index contributed by atoms with van der Waals surface area (Å²) in [5, 5.41) is 9.18. The Morgan fingerprint density at radius 2 is 1.84 bits per heavy atom. The van der Waals surface area contributed by atoms with Gasteiger partial charge in [0.15, 0.2) is 0 Å². The molecule has 0 heterocycles. The molecule has 2 N–H and O–H groups in total. The Kier molecular flexibility index (Phi) is 4.47. The summed E-state index contributed by atoms with van der Waals surface area (Å²) in [4.78, 5) is 0.203. The predicted octanol–water partition coefficient (Wildman–Crippen LogP) is 2.50. The van der Waals surface area contributed by atoms with Crippen molar-refractivity contribution in [1.29, 1.82) is 0 Å². The highest BCUT2D eigenvalue weighted by Gasteiger charge is 2.23. The van der Waals surface area contributed by atoms with Gasteiger partial charge in [-0.25, -0.2) is 13.1 Å². The van der Waals surface area contributed by atoms with Gasteiger partial charge in [-0.05, 0) is 42.5 Å². The Labute approximate surface area is 114 Å². The van der Waals surface area contributed by atoms with Gasteiger partial charge in [-0.3, -0.25) is 0 Å². The van der Waals surface area contributed by atoms with E-state index in [0.29, 0.717) is 18.4 Å². The average molecular weight is 283 g/mol. The van der Waals surface area contributed by atoms with E-state index in [1.54, 1.807) is 0 Å². The Balaban J connectivity index is 1.99. The first kappa shape index (κ1) is 14.3. The van der Waals surface area contributed by atoms with Gasteiger partial charge in [0.25, 0.3) is 0 Å². The van der Waals surface area contributed by atoms with E-state index < -0.39 is 10.0 Å². The van der Waals surface area contributed by atoms with Crippen LogP contribution in [0, 0.1) is 11.8 Å². The van der Waals surface area contributed by atoms with E-state index in [1.807, 2.05) is 0 Å². The first-order valence-electron chi connectivity index (χ1n) is 6.78. The van der Waals surface area contributed by atoms with Crippen molar-refractivity contribution in [3.63, 3.8) is 0 Å². The SMILES string of the molecule is CC1CCCCC1CNS(=O)(=O)c1ccc(O)cc1. The third-order valence-electron chi connectivity index (χ3n) is 3.97. The number of nitrogens with one attached hydrogen (secondary N) is 1. The molecule has 2 unspecified atom stereocenters. The minimum Gasteiger partial charge on any atom is -0.508 e. The van der Waals surface area contributed by atoms with Crippen LogP contribution < -0.4 is 4.72 Å². The summed E-state index contributed by atoms with van der Waals surface area (Å²) in [5.41, 5.74) is 0. The zero-order chi connectivity index (χ0) is 13.9. The lowest BCUT2D eigenvalue weighted by molar-refractivity contribution is 0.257. The molecular weight excluding hydrogens is 262 g/mol. The van der Waals surface area contributed by atoms with Crippen molar-refractivity contribution in [3.05, 3.63) is 24.3 Å². The molecular formula is C14H21NO3S. The smallest absolute Gasteiger partial charge is 0.240 e. The number of hydrogen-bond acceptors (Lipinski definition) is 3. The van der Waals surface area contributed by atoms with Crippen LogP contribution in [-0.2, 0) is 10.0 Å². The molecule has 0 aromatic heterocycles. The molecule has 2 atom stereocenters. The molecule has 19 heavy (non-hydrogen) atoms. The van der Waals surface area contributed by atoms with E-state index >= 15 is 0 Å². The largest absolute Gasteiger partial charge is 0.508 e. The van der Waals surface area contributed by atoms with Crippen molar-refractivity contribution in [1.82, 2.24) is 4.72 Å². The first-order chi connectivity index (χ1) is 8.99. The fourth-order valence-electron chi connectivity index (χ4n) is 2.62. The van der Waals surface area contributed by atoms with Crippen LogP contribution in [0.4, 0.5) is 0 Å². The van der Waals surface area contributed by atoms with Crippen LogP contribution in [0.25, 0.3) is 0 Å². The molecule has 0 amide bonds. The summed E-state index contributed by atoms with van der Waals surface area (Å²) in [6, 6.07) is 5.61.